The van der Waals surface area contributed by atoms with E-state index >= 15 is 0 Å². The molecule has 0 spiro atoms. The normalized spacial score (nSPS) is 16.3. The number of hydrogen-bond acceptors (Lipinski definition) is 4. The summed E-state index contributed by atoms with van der Waals surface area (Å²) >= 11 is 0. The molecule has 17 heavy (non-hydrogen) atoms. The minimum Gasteiger partial charge on any atom is -0.378 e. The van der Waals surface area contributed by atoms with Crippen LogP contribution in [0.1, 0.15) is 35.9 Å². The number of carbonyl (C=O) groups excluding carboxylic acids is 1. The Balaban J connectivity index is 2.08. The molecule has 5 nitrogen and oxygen atoms in total. The number of nitrogens with zero attached hydrogens (tertiary/aromatic N) is 3. The number of rotatable bonds is 2. The zero-order valence-corrected chi connectivity index (χ0v) is 10.2. The van der Waals surface area contributed by atoms with Crippen molar-refractivity contribution in [3.05, 3.63) is 23.5 Å². The maximum atomic E-state index is 12.0. The molecule has 1 aromatic heterocycles. The summed E-state index contributed by atoms with van der Waals surface area (Å²) in [5.41, 5.74) is 1.32. The highest BCUT2D eigenvalue weighted by Crippen LogP contribution is 2.11. The van der Waals surface area contributed by atoms with Gasteiger partial charge in [0.15, 0.2) is 5.69 Å². The van der Waals surface area contributed by atoms with Gasteiger partial charge in [-0.05, 0) is 18.1 Å². The van der Waals surface area contributed by atoms with Crippen molar-refractivity contribution in [2.24, 2.45) is 0 Å². The van der Waals surface area contributed by atoms with Crippen LogP contribution >= 0.6 is 0 Å². The number of morpholine rings is 1. The number of amides is 1. The van der Waals surface area contributed by atoms with E-state index in [-0.39, 0.29) is 5.91 Å². The highest BCUT2D eigenvalue weighted by Gasteiger charge is 2.19. The van der Waals surface area contributed by atoms with Gasteiger partial charge in [0.2, 0.25) is 0 Å². The van der Waals surface area contributed by atoms with Crippen molar-refractivity contribution >= 4 is 5.91 Å². The topological polar surface area (TPSA) is 55.3 Å². The second kappa shape index (κ2) is 5.23. The van der Waals surface area contributed by atoms with Crippen molar-refractivity contribution in [3.63, 3.8) is 0 Å². The zero-order valence-electron chi connectivity index (χ0n) is 10.2. The fraction of sp³-hybridized carbons (Fsp3) is 0.583. The number of ether oxygens (including phenoxy) is 1. The summed E-state index contributed by atoms with van der Waals surface area (Å²) in [6, 6.07) is 3.62. The molecule has 0 aliphatic carbocycles. The van der Waals surface area contributed by atoms with Gasteiger partial charge in [-0.1, -0.05) is 13.8 Å². The van der Waals surface area contributed by atoms with Crippen LogP contribution in [0.25, 0.3) is 0 Å². The Morgan fingerprint density at radius 2 is 2.00 bits per heavy atom. The van der Waals surface area contributed by atoms with Crippen LogP contribution in [0.5, 0.6) is 0 Å². The van der Waals surface area contributed by atoms with Crippen molar-refractivity contribution in [1.82, 2.24) is 15.1 Å². The molecule has 1 fully saturated rings. The van der Waals surface area contributed by atoms with Gasteiger partial charge >= 0.3 is 0 Å². The number of carbonyl (C=O) groups is 1. The Hall–Kier alpha value is -1.49. The Morgan fingerprint density at radius 3 is 2.53 bits per heavy atom. The first kappa shape index (κ1) is 12.0. The van der Waals surface area contributed by atoms with E-state index in [9.17, 15) is 4.79 Å². The van der Waals surface area contributed by atoms with Crippen LogP contribution in [-0.4, -0.2) is 47.3 Å². The van der Waals surface area contributed by atoms with Crippen LogP contribution in [0.15, 0.2) is 12.1 Å². The lowest BCUT2D eigenvalue weighted by atomic mass is 10.1. The summed E-state index contributed by atoms with van der Waals surface area (Å²) < 4.78 is 5.21. The highest BCUT2D eigenvalue weighted by molar-refractivity contribution is 5.92. The van der Waals surface area contributed by atoms with Crippen LogP contribution in [0.4, 0.5) is 0 Å². The largest absolute Gasteiger partial charge is 0.378 e. The van der Waals surface area contributed by atoms with E-state index in [1.54, 1.807) is 11.0 Å². The van der Waals surface area contributed by atoms with Crippen LogP contribution in [0.2, 0.25) is 0 Å². The molecule has 2 heterocycles. The predicted octanol–water partition coefficient (Wildman–Crippen LogP) is 1.07. The lowest BCUT2D eigenvalue weighted by Gasteiger charge is -2.26. The summed E-state index contributed by atoms with van der Waals surface area (Å²) in [7, 11) is 0. The Bertz CT molecular complexity index is 383. The molecule has 1 aliphatic heterocycles. The van der Waals surface area contributed by atoms with E-state index in [1.165, 1.54) is 0 Å². The molecule has 0 atom stereocenters. The monoisotopic (exact) mass is 235 g/mol. The number of aromatic nitrogens is 2. The smallest absolute Gasteiger partial charge is 0.274 e. The first-order valence-corrected chi connectivity index (χ1v) is 5.89. The quantitative estimate of drug-likeness (QED) is 0.769. The first-order valence-electron chi connectivity index (χ1n) is 5.89. The van der Waals surface area contributed by atoms with Gasteiger partial charge in [-0.2, -0.15) is 5.10 Å². The molecule has 0 bridgehead atoms. The van der Waals surface area contributed by atoms with Crippen LogP contribution in [0.3, 0.4) is 0 Å². The average Bonchev–Trinajstić information content (AvgIpc) is 2.39. The van der Waals surface area contributed by atoms with Crippen molar-refractivity contribution in [2.45, 2.75) is 19.8 Å². The molecule has 5 heteroatoms. The Morgan fingerprint density at radius 1 is 1.29 bits per heavy atom. The molecule has 0 N–H and O–H groups in total. The minimum atomic E-state index is -0.0592. The highest BCUT2D eigenvalue weighted by atomic mass is 16.5. The average molecular weight is 235 g/mol. The first-order chi connectivity index (χ1) is 8.18. The van der Waals surface area contributed by atoms with Gasteiger partial charge in [-0.25, -0.2) is 0 Å². The van der Waals surface area contributed by atoms with Crippen LogP contribution in [-0.2, 0) is 4.74 Å². The molecule has 92 valence electrons. The maximum Gasteiger partial charge on any atom is 0.274 e. The van der Waals surface area contributed by atoms with Crippen molar-refractivity contribution in [1.29, 1.82) is 0 Å². The predicted molar refractivity (Wildman–Crippen MR) is 62.8 cm³/mol. The fourth-order valence-corrected chi connectivity index (χ4v) is 1.69. The molecule has 2 rings (SSSR count). The molecule has 0 radical (unpaired) electrons. The second-order valence-corrected chi connectivity index (χ2v) is 4.40. The molecular formula is C12H17N3O2. The summed E-state index contributed by atoms with van der Waals surface area (Å²) in [5.74, 6) is 0.270. The Kier molecular flexibility index (Phi) is 3.68. The maximum absolute atomic E-state index is 12.0. The molecule has 1 aliphatic rings. The van der Waals surface area contributed by atoms with Gasteiger partial charge in [0.05, 0.1) is 18.9 Å². The van der Waals surface area contributed by atoms with Crippen molar-refractivity contribution in [3.8, 4) is 0 Å². The van der Waals surface area contributed by atoms with Crippen LogP contribution in [0, 0.1) is 0 Å². The summed E-state index contributed by atoms with van der Waals surface area (Å²) in [6.07, 6.45) is 0. The molecule has 1 amide bonds. The summed E-state index contributed by atoms with van der Waals surface area (Å²) in [5, 5.41) is 8.06. The van der Waals surface area contributed by atoms with Gasteiger partial charge in [0, 0.05) is 13.1 Å². The van der Waals surface area contributed by atoms with E-state index in [4.69, 9.17) is 4.74 Å². The molecule has 0 saturated carbocycles. The molecule has 1 saturated heterocycles. The Labute approximate surface area is 101 Å². The minimum absolute atomic E-state index is 0.0592. The lowest BCUT2D eigenvalue weighted by molar-refractivity contribution is 0.0298. The summed E-state index contributed by atoms with van der Waals surface area (Å²) in [4.78, 5) is 13.8. The van der Waals surface area contributed by atoms with E-state index in [1.807, 2.05) is 19.9 Å². The van der Waals surface area contributed by atoms with E-state index in [2.05, 4.69) is 10.2 Å². The van der Waals surface area contributed by atoms with Gasteiger partial charge in [-0.3, -0.25) is 4.79 Å². The van der Waals surface area contributed by atoms with Gasteiger partial charge in [0.25, 0.3) is 5.91 Å². The third-order valence-electron chi connectivity index (χ3n) is 2.79. The lowest BCUT2D eigenvalue weighted by Crippen LogP contribution is -2.41. The van der Waals surface area contributed by atoms with E-state index in [0.29, 0.717) is 37.9 Å². The van der Waals surface area contributed by atoms with Gasteiger partial charge in [-0.15, -0.1) is 5.10 Å². The standard InChI is InChI=1S/C12H17N3O2/c1-9(2)10-3-4-11(14-13-10)12(16)15-5-7-17-8-6-15/h3-4,9H,5-8H2,1-2H3. The van der Waals surface area contributed by atoms with Crippen LogP contribution < -0.4 is 0 Å². The van der Waals surface area contributed by atoms with Crippen molar-refractivity contribution < 1.29 is 9.53 Å². The zero-order chi connectivity index (χ0) is 12.3. The molecule has 1 aromatic rings. The van der Waals surface area contributed by atoms with E-state index in [0.717, 1.165) is 5.69 Å². The third-order valence-corrected chi connectivity index (χ3v) is 2.79. The summed E-state index contributed by atoms with van der Waals surface area (Å²) in [6.45, 7) is 6.56. The molecule has 0 unspecified atom stereocenters. The SMILES string of the molecule is CC(C)c1ccc(C(=O)N2CCOCC2)nn1. The van der Waals surface area contributed by atoms with Crippen molar-refractivity contribution in [2.75, 3.05) is 26.3 Å². The van der Waals surface area contributed by atoms with Gasteiger partial charge in [0.1, 0.15) is 0 Å². The third kappa shape index (κ3) is 2.79. The molecule has 0 aromatic carbocycles. The molecular weight excluding hydrogens is 218 g/mol. The number of hydrogen-bond donors (Lipinski definition) is 0. The van der Waals surface area contributed by atoms with Gasteiger partial charge < -0.3 is 9.64 Å². The fourth-order valence-electron chi connectivity index (χ4n) is 1.69. The second-order valence-electron chi connectivity index (χ2n) is 4.40. The van der Waals surface area contributed by atoms with E-state index < -0.39 is 0 Å².